The highest BCUT2D eigenvalue weighted by Gasteiger charge is 2.49. The van der Waals surface area contributed by atoms with E-state index in [4.69, 9.17) is 4.74 Å². The van der Waals surface area contributed by atoms with Gasteiger partial charge in [0, 0.05) is 11.8 Å². The van der Waals surface area contributed by atoms with Crippen molar-refractivity contribution in [3.63, 3.8) is 0 Å². The molecule has 7 nitrogen and oxygen atoms in total. The van der Waals surface area contributed by atoms with Gasteiger partial charge in [-0.05, 0) is 44.4 Å². The zero-order valence-corrected chi connectivity index (χ0v) is 13.4. The second-order valence-corrected chi connectivity index (χ2v) is 6.14. The second kappa shape index (κ2) is 5.66. The van der Waals surface area contributed by atoms with Crippen LogP contribution in [0.1, 0.15) is 29.8 Å². The van der Waals surface area contributed by atoms with Crippen molar-refractivity contribution >= 4 is 17.6 Å². The Balaban J connectivity index is 1.80. The lowest BCUT2D eigenvalue weighted by molar-refractivity contribution is -0.163. The number of hydrogen-bond acceptors (Lipinski definition) is 6. The molecule has 0 saturated heterocycles. The molecule has 3 rings (SSSR count). The molecule has 0 bridgehead atoms. The molecule has 7 heteroatoms. The van der Waals surface area contributed by atoms with Crippen LogP contribution in [0.25, 0.3) is 0 Å². The third-order valence-corrected chi connectivity index (χ3v) is 4.11. The smallest absolute Gasteiger partial charge is 0.308 e. The standard InChI is InChI=1S/C16H20N4O3/c1-9-4-12(16(22)7-11(8-16)15(21)23-3)17-13(5-9)18-14-6-10(2)19-20-14/h4-6,11,22H,7-8H2,1-3H3,(H2,17,18,19,20). The molecule has 0 radical (unpaired) electrons. The number of methoxy groups -OCH3 is 1. The first-order valence-electron chi connectivity index (χ1n) is 7.48. The van der Waals surface area contributed by atoms with Gasteiger partial charge in [-0.3, -0.25) is 9.89 Å². The van der Waals surface area contributed by atoms with Crippen LogP contribution in [0.3, 0.4) is 0 Å². The summed E-state index contributed by atoms with van der Waals surface area (Å²) >= 11 is 0. The van der Waals surface area contributed by atoms with Crippen LogP contribution in [0.4, 0.5) is 11.6 Å². The lowest BCUT2D eigenvalue weighted by atomic mass is 9.69. The highest BCUT2D eigenvalue weighted by atomic mass is 16.5. The fourth-order valence-electron chi connectivity index (χ4n) is 2.88. The second-order valence-electron chi connectivity index (χ2n) is 6.14. The number of aliphatic hydroxyl groups is 1. The summed E-state index contributed by atoms with van der Waals surface area (Å²) in [4.78, 5) is 16.0. The van der Waals surface area contributed by atoms with Gasteiger partial charge in [0.15, 0.2) is 5.82 Å². The molecule has 0 aliphatic heterocycles. The number of hydrogen-bond donors (Lipinski definition) is 3. The summed E-state index contributed by atoms with van der Waals surface area (Å²) in [6.45, 7) is 3.85. The van der Waals surface area contributed by atoms with E-state index in [1.165, 1.54) is 7.11 Å². The van der Waals surface area contributed by atoms with Gasteiger partial charge in [0.05, 0.1) is 18.7 Å². The van der Waals surface area contributed by atoms with E-state index in [0.717, 1.165) is 11.3 Å². The summed E-state index contributed by atoms with van der Waals surface area (Å²) in [6.07, 6.45) is 0.661. The SMILES string of the molecule is COC(=O)C1CC(O)(c2cc(C)cc(Nc3cc(C)[nH]n3)n2)C1. The van der Waals surface area contributed by atoms with Crippen molar-refractivity contribution in [2.24, 2.45) is 5.92 Å². The number of aromatic amines is 1. The summed E-state index contributed by atoms with van der Waals surface area (Å²) < 4.78 is 4.72. The summed E-state index contributed by atoms with van der Waals surface area (Å²) in [5.41, 5.74) is 1.40. The van der Waals surface area contributed by atoms with Crippen LogP contribution in [-0.2, 0) is 15.1 Å². The zero-order chi connectivity index (χ0) is 16.6. The Morgan fingerprint density at radius 2 is 2.09 bits per heavy atom. The van der Waals surface area contributed by atoms with E-state index in [2.05, 4.69) is 20.5 Å². The lowest BCUT2D eigenvalue weighted by Crippen LogP contribution is -2.45. The normalized spacial score (nSPS) is 23.2. The molecule has 1 aliphatic rings. The van der Waals surface area contributed by atoms with Crippen LogP contribution in [0.15, 0.2) is 18.2 Å². The Morgan fingerprint density at radius 1 is 1.35 bits per heavy atom. The third kappa shape index (κ3) is 3.05. The highest BCUT2D eigenvalue weighted by Crippen LogP contribution is 2.45. The van der Waals surface area contributed by atoms with E-state index >= 15 is 0 Å². The maximum atomic E-state index is 11.5. The molecule has 1 fully saturated rings. The Kier molecular flexibility index (Phi) is 3.81. The third-order valence-electron chi connectivity index (χ3n) is 4.11. The minimum absolute atomic E-state index is 0.266. The molecule has 2 heterocycles. The van der Waals surface area contributed by atoms with Crippen LogP contribution in [0, 0.1) is 19.8 Å². The van der Waals surface area contributed by atoms with Crippen LogP contribution < -0.4 is 5.32 Å². The molecule has 23 heavy (non-hydrogen) atoms. The molecule has 0 unspecified atom stereocenters. The van der Waals surface area contributed by atoms with Gasteiger partial charge in [-0.25, -0.2) is 4.98 Å². The summed E-state index contributed by atoms with van der Waals surface area (Å²) in [7, 11) is 1.36. The average Bonchev–Trinajstić information content (AvgIpc) is 2.87. The van der Waals surface area contributed by atoms with Gasteiger partial charge in [0.25, 0.3) is 0 Å². The molecule has 122 valence electrons. The summed E-state index contributed by atoms with van der Waals surface area (Å²) in [5, 5.41) is 20.8. The topological polar surface area (TPSA) is 100 Å². The van der Waals surface area contributed by atoms with E-state index in [1.54, 1.807) is 0 Å². The summed E-state index contributed by atoms with van der Waals surface area (Å²) in [6, 6.07) is 5.59. The molecule has 0 amide bonds. The van der Waals surface area contributed by atoms with Crippen LogP contribution in [0.2, 0.25) is 0 Å². The van der Waals surface area contributed by atoms with Gasteiger partial charge in [0.2, 0.25) is 0 Å². The number of aryl methyl sites for hydroxylation is 2. The van der Waals surface area contributed by atoms with Crippen molar-refractivity contribution in [2.45, 2.75) is 32.3 Å². The molecule has 2 aromatic rings. The molecule has 3 N–H and O–H groups in total. The number of ether oxygens (including phenoxy) is 1. The number of aromatic nitrogens is 3. The van der Waals surface area contributed by atoms with Gasteiger partial charge in [-0.1, -0.05) is 0 Å². The predicted molar refractivity (Wildman–Crippen MR) is 84.2 cm³/mol. The van der Waals surface area contributed by atoms with Crippen molar-refractivity contribution in [1.82, 2.24) is 15.2 Å². The van der Waals surface area contributed by atoms with Crippen LogP contribution in [0.5, 0.6) is 0 Å². The van der Waals surface area contributed by atoms with E-state index < -0.39 is 5.60 Å². The Bertz CT molecular complexity index is 735. The first-order chi connectivity index (χ1) is 10.9. The fraction of sp³-hybridized carbons (Fsp3) is 0.438. The molecule has 0 aromatic carbocycles. The molecule has 1 aliphatic carbocycles. The monoisotopic (exact) mass is 316 g/mol. The highest BCUT2D eigenvalue weighted by molar-refractivity contribution is 5.74. The molecule has 1 saturated carbocycles. The van der Waals surface area contributed by atoms with E-state index in [9.17, 15) is 9.90 Å². The van der Waals surface area contributed by atoms with Gasteiger partial charge in [-0.2, -0.15) is 5.10 Å². The number of H-pyrrole nitrogens is 1. The number of nitrogens with one attached hydrogen (secondary N) is 2. The van der Waals surface area contributed by atoms with E-state index in [0.29, 0.717) is 30.2 Å². The predicted octanol–water partition coefficient (Wildman–Crippen LogP) is 1.94. The molecule has 0 atom stereocenters. The van der Waals surface area contributed by atoms with Crippen molar-refractivity contribution < 1.29 is 14.6 Å². The van der Waals surface area contributed by atoms with Crippen molar-refractivity contribution in [3.05, 3.63) is 35.2 Å². The number of nitrogens with zero attached hydrogens (tertiary/aromatic N) is 2. The summed E-state index contributed by atoms with van der Waals surface area (Å²) in [5.74, 6) is 0.728. The minimum Gasteiger partial charge on any atom is -0.469 e. The molecule has 0 spiro atoms. The number of carbonyl (C=O) groups is 1. The number of anilines is 2. The van der Waals surface area contributed by atoms with Gasteiger partial charge < -0.3 is 15.2 Å². The zero-order valence-electron chi connectivity index (χ0n) is 13.4. The van der Waals surface area contributed by atoms with Crippen LogP contribution in [-0.4, -0.2) is 33.4 Å². The molecule has 2 aromatic heterocycles. The number of rotatable bonds is 4. The van der Waals surface area contributed by atoms with Gasteiger partial charge in [0.1, 0.15) is 11.4 Å². The molecular formula is C16H20N4O3. The quantitative estimate of drug-likeness (QED) is 0.745. The Labute approximate surface area is 134 Å². The van der Waals surface area contributed by atoms with Crippen molar-refractivity contribution in [1.29, 1.82) is 0 Å². The number of esters is 1. The Morgan fingerprint density at radius 3 is 2.70 bits per heavy atom. The number of carbonyl (C=O) groups excluding carboxylic acids is 1. The maximum absolute atomic E-state index is 11.5. The van der Waals surface area contributed by atoms with Crippen molar-refractivity contribution in [2.75, 3.05) is 12.4 Å². The first kappa shape index (κ1) is 15.5. The Hall–Kier alpha value is -2.41. The average molecular weight is 316 g/mol. The minimum atomic E-state index is -1.08. The van der Waals surface area contributed by atoms with Gasteiger partial charge >= 0.3 is 5.97 Å². The largest absolute Gasteiger partial charge is 0.469 e. The van der Waals surface area contributed by atoms with E-state index in [-0.39, 0.29) is 11.9 Å². The fourth-order valence-corrected chi connectivity index (χ4v) is 2.88. The maximum Gasteiger partial charge on any atom is 0.308 e. The van der Waals surface area contributed by atoms with Crippen LogP contribution >= 0.6 is 0 Å². The lowest BCUT2D eigenvalue weighted by Gasteiger charge is -2.41. The first-order valence-corrected chi connectivity index (χ1v) is 7.48. The molecular weight excluding hydrogens is 296 g/mol. The number of pyridine rings is 1. The van der Waals surface area contributed by atoms with E-state index in [1.807, 2.05) is 32.0 Å². The van der Waals surface area contributed by atoms with Gasteiger partial charge in [-0.15, -0.1) is 0 Å². The van der Waals surface area contributed by atoms with Crippen molar-refractivity contribution in [3.8, 4) is 0 Å².